The summed E-state index contributed by atoms with van der Waals surface area (Å²) in [6.07, 6.45) is 3.16. The first-order valence-electron chi connectivity index (χ1n) is 14.2. The van der Waals surface area contributed by atoms with Crippen molar-refractivity contribution in [2.45, 2.75) is 32.4 Å². The maximum absolute atomic E-state index is 13.4. The van der Waals surface area contributed by atoms with Crippen LogP contribution in [-0.4, -0.2) is 50.8 Å². The lowest BCUT2D eigenvalue weighted by Crippen LogP contribution is -2.33. The molecule has 1 aromatic heterocycles. The third-order valence-electron chi connectivity index (χ3n) is 7.71. The number of fused-ring (bicyclic) bond motifs is 4. The summed E-state index contributed by atoms with van der Waals surface area (Å²) < 4.78 is 19.1. The molecule has 10 nitrogen and oxygen atoms in total. The molecule has 4 aromatic rings. The molecule has 1 heterocycles. The Morgan fingerprint density at radius 1 is 0.977 bits per heavy atom. The molecule has 0 bridgehead atoms. The monoisotopic (exact) mass is 584 g/mol. The highest BCUT2D eigenvalue weighted by Gasteiger charge is 2.29. The summed E-state index contributed by atoms with van der Waals surface area (Å²) in [5.74, 6) is 1.00. The number of carbonyl (C=O) groups is 2. The van der Waals surface area contributed by atoms with E-state index in [0.717, 1.165) is 27.6 Å². The molecule has 43 heavy (non-hydrogen) atoms. The largest absolute Gasteiger partial charge is 0.493 e. The Morgan fingerprint density at radius 3 is 2.51 bits per heavy atom. The number of aromatic nitrogens is 1. The van der Waals surface area contributed by atoms with Crippen LogP contribution in [0.25, 0.3) is 22.0 Å². The number of hydrogen-bond acceptors (Lipinski definition) is 7. The third-order valence-corrected chi connectivity index (χ3v) is 7.71. The summed E-state index contributed by atoms with van der Waals surface area (Å²) in [5.41, 5.74) is 4.15. The van der Waals surface area contributed by atoms with Crippen LogP contribution in [0.3, 0.4) is 0 Å². The molecule has 3 aromatic carbocycles. The molecule has 3 N–H and O–H groups in total. The molecule has 0 aliphatic heterocycles. The van der Waals surface area contributed by atoms with Gasteiger partial charge in [0.05, 0.1) is 39.6 Å². The highest BCUT2D eigenvalue weighted by atomic mass is 16.5. The molecule has 0 saturated heterocycles. The first-order chi connectivity index (χ1) is 20.8. The number of amides is 2. The van der Waals surface area contributed by atoms with Gasteiger partial charge in [0.25, 0.3) is 0 Å². The maximum atomic E-state index is 13.4. The molecular formula is C33H36N4O6. The van der Waals surface area contributed by atoms with Gasteiger partial charge in [0.15, 0.2) is 11.5 Å². The zero-order valence-corrected chi connectivity index (χ0v) is 24.8. The highest BCUT2D eigenvalue weighted by Crippen LogP contribution is 2.50. The van der Waals surface area contributed by atoms with Crippen molar-refractivity contribution in [1.82, 2.24) is 15.2 Å². The van der Waals surface area contributed by atoms with Crippen LogP contribution in [0.2, 0.25) is 0 Å². The molecule has 1 aliphatic rings. The fraction of sp³-hybridized carbons (Fsp3) is 0.303. The summed E-state index contributed by atoms with van der Waals surface area (Å²) in [4.78, 5) is 38.3. The number of nitrogens with one attached hydrogen (secondary N) is 3. The Labute approximate surface area is 250 Å². The summed E-state index contributed by atoms with van der Waals surface area (Å²) in [5, 5.41) is 10.1. The Balaban J connectivity index is 1.41. The van der Waals surface area contributed by atoms with E-state index in [2.05, 4.69) is 26.6 Å². The average molecular weight is 585 g/mol. The van der Waals surface area contributed by atoms with E-state index >= 15 is 0 Å². The van der Waals surface area contributed by atoms with E-state index in [1.165, 1.54) is 13.0 Å². The van der Waals surface area contributed by atoms with E-state index in [1.54, 1.807) is 27.4 Å². The first-order valence-corrected chi connectivity index (χ1v) is 14.2. The molecule has 0 radical (unpaired) electrons. The van der Waals surface area contributed by atoms with Gasteiger partial charge in [-0.25, -0.2) is 0 Å². The number of para-hydroxylation sites is 1. The number of ether oxygens (including phenoxy) is 3. The number of anilines is 1. The minimum Gasteiger partial charge on any atom is -0.493 e. The van der Waals surface area contributed by atoms with Gasteiger partial charge in [0.2, 0.25) is 23.0 Å². The van der Waals surface area contributed by atoms with Crippen LogP contribution in [0, 0.1) is 0 Å². The number of aryl methyl sites for hydroxylation is 1. The van der Waals surface area contributed by atoms with Crippen molar-refractivity contribution in [2.24, 2.45) is 0 Å². The molecule has 224 valence electrons. The molecule has 10 heteroatoms. The predicted molar refractivity (Wildman–Crippen MR) is 166 cm³/mol. The number of benzene rings is 2. The first kappa shape index (κ1) is 29.5. The zero-order valence-electron chi connectivity index (χ0n) is 24.8. The van der Waals surface area contributed by atoms with Gasteiger partial charge in [-0.1, -0.05) is 24.3 Å². The van der Waals surface area contributed by atoms with Crippen molar-refractivity contribution in [3.05, 3.63) is 82.1 Å². The Morgan fingerprint density at radius 2 is 1.77 bits per heavy atom. The van der Waals surface area contributed by atoms with E-state index in [9.17, 15) is 14.4 Å². The standard InChI is InChI=1S/C33H36N4O6/c1-20(38)36-25-11-9-22-17-29(41-2)32(42-3)33(43-4)31(22)23-10-12-26(28(39)18-24(23)25)35-19-30(40)34-14-16-37-15-13-21-7-5-6-8-27(21)37/h5-8,10,12-13,15,17-18,25H,9,11,14,16,19H2,1-4H3,(H,34,40)(H,35,39)(H,36,38)/t25-/m0/s1. The van der Waals surface area contributed by atoms with Crippen molar-refractivity contribution >= 4 is 28.4 Å². The van der Waals surface area contributed by atoms with Gasteiger partial charge in [-0.2, -0.15) is 0 Å². The minimum absolute atomic E-state index is 0.0730. The average Bonchev–Trinajstić information content (AvgIpc) is 3.27. The second kappa shape index (κ2) is 12.9. The lowest BCUT2D eigenvalue weighted by Gasteiger charge is -2.19. The summed E-state index contributed by atoms with van der Waals surface area (Å²) in [6.45, 7) is 2.45. The number of carbonyl (C=O) groups excluding carboxylic acids is 2. The van der Waals surface area contributed by atoms with Crippen LogP contribution >= 0.6 is 0 Å². The smallest absolute Gasteiger partial charge is 0.239 e. The van der Waals surface area contributed by atoms with Crippen molar-refractivity contribution in [3.8, 4) is 28.4 Å². The quantitative estimate of drug-likeness (QED) is 0.257. The molecule has 5 rings (SSSR count). The van der Waals surface area contributed by atoms with Gasteiger partial charge in [-0.05, 0) is 65.3 Å². The van der Waals surface area contributed by atoms with Crippen molar-refractivity contribution in [2.75, 3.05) is 39.7 Å². The molecule has 0 spiro atoms. The lowest BCUT2D eigenvalue weighted by atomic mass is 9.95. The van der Waals surface area contributed by atoms with Gasteiger partial charge < -0.3 is 34.7 Å². The second-order valence-corrected chi connectivity index (χ2v) is 10.4. The van der Waals surface area contributed by atoms with Crippen LogP contribution < -0.4 is 35.6 Å². The minimum atomic E-state index is -0.414. The topological polar surface area (TPSA) is 120 Å². The summed E-state index contributed by atoms with van der Waals surface area (Å²) in [6, 6.07) is 16.6. The fourth-order valence-electron chi connectivity index (χ4n) is 5.74. The predicted octanol–water partition coefficient (Wildman–Crippen LogP) is 4.05. The summed E-state index contributed by atoms with van der Waals surface area (Å²) in [7, 11) is 4.66. The van der Waals surface area contributed by atoms with Crippen LogP contribution in [0.1, 0.15) is 30.5 Å². The third kappa shape index (κ3) is 6.13. The summed E-state index contributed by atoms with van der Waals surface area (Å²) >= 11 is 0. The van der Waals surface area contributed by atoms with E-state index in [-0.39, 0.29) is 29.5 Å². The second-order valence-electron chi connectivity index (χ2n) is 10.4. The van der Waals surface area contributed by atoms with Crippen LogP contribution in [0.5, 0.6) is 17.2 Å². The van der Waals surface area contributed by atoms with E-state index in [0.29, 0.717) is 48.7 Å². The van der Waals surface area contributed by atoms with Gasteiger partial charge in [0, 0.05) is 37.3 Å². The van der Waals surface area contributed by atoms with E-state index in [1.807, 2.05) is 42.6 Å². The number of nitrogens with zero attached hydrogens (tertiary/aromatic N) is 1. The van der Waals surface area contributed by atoms with Gasteiger partial charge >= 0.3 is 0 Å². The number of hydrogen-bond donors (Lipinski definition) is 3. The molecular weight excluding hydrogens is 548 g/mol. The van der Waals surface area contributed by atoms with E-state index in [4.69, 9.17) is 14.2 Å². The zero-order chi connectivity index (χ0) is 30.5. The SMILES string of the molecule is COc1cc2c(c(OC)c1OC)-c1ccc(NCC(=O)NCCn3ccc4ccccc43)c(=O)cc1[C@@H](NC(C)=O)CC2. The Hall–Kier alpha value is -4.99. The highest BCUT2D eigenvalue weighted by molar-refractivity contribution is 5.84. The fourth-order valence-corrected chi connectivity index (χ4v) is 5.74. The molecule has 1 atom stereocenters. The molecule has 0 saturated carbocycles. The van der Waals surface area contributed by atoms with Crippen molar-refractivity contribution in [3.63, 3.8) is 0 Å². The lowest BCUT2D eigenvalue weighted by molar-refractivity contribution is -0.120. The Bertz CT molecular complexity index is 1730. The van der Waals surface area contributed by atoms with Crippen molar-refractivity contribution < 1.29 is 23.8 Å². The van der Waals surface area contributed by atoms with Crippen LogP contribution in [-0.2, 0) is 22.6 Å². The molecule has 1 aliphatic carbocycles. The van der Waals surface area contributed by atoms with Gasteiger partial charge in [0.1, 0.15) is 0 Å². The maximum Gasteiger partial charge on any atom is 0.239 e. The molecule has 0 unspecified atom stereocenters. The molecule has 2 amide bonds. The van der Waals surface area contributed by atoms with Crippen molar-refractivity contribution in [1.29, 1.82) is 0 Å². The van der Waals surface area contributed by atoms with Gasteiger partial charge in [-0.3, -0.25) is 14.4 Å². The van der Waals surface area contributed by atoms with Crippen LogP contribution in [0.15, 0.2) is 65.6 Å². The molecule has 0 fully saturated rings. The van der Waals surface area contributed by atoms with Crippen LogP contribution in [0.4, 0.5) is 5.69 Å². The van der Waals surface area contributed by atoms with Gasteiger partial charge in [-0.15, -0.1) is 0 Å². The number of rotatable bonds is 10. The van der Waals surface area contributed by atoms with E-state index < -0.39 is 6.04 Å². The Kier molecular flexibility index (Phi) is 8.85. The number of methoxy groups -OCH3 is 3. The normalized spacial score (nSPS) is 13.7.